The van der Waals surface area contributed by atoms with Crippen molar-refractivity contribution in [2.24, 2.45) is 5.73 Å². The van der Waals surface area contributed by atoms with Crippen LogP contribution in [0.25, 0.3) is 0 Å². The summed E-state index contributed by atoms with van der Waals surface area (Å²) in [6.45, 7) is 0.0875. The molecule has 0 aliphatic carbocycles. The Labute approximate surface area is 116 Å². The van der Waals surface area contributed by atoms with E-state index in [1.54, 1.807) is 0 Å². The number of nitrogens with two attached hydrogens (primary N) is 1. The van der Waals surface area contributed by atoms with Crippen LogP contribution in [-0.2, 0) is 0 Å². The number of phenolic OH excluding ortho intramolecular Hbond substituents is 2. The first-order valence-electron chi connectivity index (χ1n) is 3.55. The van der Waals surface area contributed by atoms with Crippen molar-refractivity contribution in [1.82, 2.24) is 0 Å². The molecule has 1 aromatic carbocycles. The van der Waals surface area contributed by atoms with Crippen LogP contribution in [0.2, 0.25) is 0 Å². The molecule has 0 fully saturated rings. The number of aromatic hydroxyl groups is 2. The molecular formula is C8H13BaNO3. The molecule has 1 atom stereocenters. The van der Waals surface area contributed by atoms with Crippen molar-refractivity contribution in [1.29, 1.82) is 0 Å². The van der Waals surface area contributed by atoms with E-state index in [0.717, 1.165) is 0 Å². The van der Waals surface area contributed by atoms with Gasteiger partial charge in [-0.2, -0.15) is 0 Å². The summed E-state index contributed by atoms with van der Waals surface area (Å²) in [7, 11) is 0. The molecule has 0 heterocycles. The van der Waals surface area contributed by atoms with E-state index >= 15 is 0 Å². The molecule has 0 aliphatic heterocycles. The normalized spacial score (nSPS) is 11.8. The number of phenols is 2. The fourth-order valence-corrected chi connectivity index (χ4v) is 0.884. The topological polar surface area (TPSA) is 86.7 Å². The molecule has 0 bridgehead atoms. The van der Waals surface area contributed by atoms with Gasteiger partial charge in [0.05, 0.1) is 6.10 Å². The van der Waals surface area contributed by atoms with Crippen LogP contribution in [0.3, 0.4) is 0 Å². The Morgan fingerprint density at radius 2 is 1.85 bits per heavy atom. The Kier molecular flexibility index (Phi) is 6.06. The zero-order valence-electron chi connectivity index (χ0n) is 6.44. The summed E-state index contributed by atoms with van der Waals surface area (Å²) >= 11 is 0. The first kappa shape index (κ1) is 13.3. The predicted molar refractivity (Wildman–Crippen MR) is 52.3 cm³/mol. The summed E-state index contributed by atoms with van der Waals surface area (Å²) in [6, 6.07) is 4.10. The molecule has 0 amide bonds. The molecule has 1 aromatic rings. The maximum atomic E-state index is 9.23. The zero-order chi connectivity index (χ0) is 9.14. The number of hydrogen-bond donors (Lipinski definition) is 4. The fraction of sp³-hybridized carbons (Fsp3) is 0.250. The number of aliphatic hydroxyl groups is 1. The van der Waals surface area contributed by atoms with Gasteiger partial charge in [0.2, 0.25) is 0 Å². The van der Waals surface area contributed by atoms with Crippen molar-refractivity contribution in [3.8, 4) is 11.5 Å². The van der Waals surface area contributed by atoms with Gasteiger partial charge in [0, 0.05) is 6.54 Å². The average molecular weight is 309 g/mol. The van der Waals surface area contributed by atoms with Crippen LogP contribution in [0, 0.1) is 0 Å². The van der Waals surface area contributed by atoms with Crippen LogP contribution < -0.4 is 5.73 Å². The molecule has 0 radical (unpaired) electrons. The number of benzene rings is 1. The van der Waals surface area contributed by atoms with Gasteiger partial charge < -0.3 is 21.1 Å². The van der Waals surface area contributed by atoms with E-state index in [0.29, 0.717) is 5.56 Å². The fourth-order valence-electron chi connectivity index (χ4n) is 0.884. The first-order valence-corrected chi connectivity index (χ1v) is 3.55. The molecule has 0 aliphatic rings. The second-order valence-electron chi connectivity index (χ2n) is 2.50. The van der Waals surface area contributed by atoms with E-state index < -0.39 is 6.10 Å². The Bertz CT molecular complexity index is 280. The molecule has 5 N–H and O–H groups in total. The average Bonchev–Trinajstić information content (AvgIpc) is 2.08. The molecule has 70 valence electrons. The number of rotatable bonds is 2. The van der Waals surface area contributed by atoms with Gasteiger partial charge >= 0.3 is 48.9 Å². The second kappa shape index (κ2) is 5.92. The van der Waals surface area contributed by atoms with Gasteiger partial charge in [-0.15, -0.1) is 0 Å². The monoisotopic (exact) mass is 309 g/mol. The van der Waals surface area contributed by atoms with Crippen LogP contribution in [-0.4, -0.2) is 70.7 Å². The Hall–Kier alpha value is 0.311. The van der Waals surface area contributed by atoms with Gasteiger partial charge in [0.1, 0.15) is 0 Å². The van der Waals surface area contributed by atoms with Crippen molar-refractivity contribution in [2.45, 2.75) is 6.10 Å². The van der Waals surface area contributed by atoms with Crippen molar-refractivity contribution in [3.05, 3.63) is 23.8 Å². The number of aliphatic hydroxyl groups excluding tert-OH is 1. The standard InChI is InChI=1S/C8H11NO3.Ba.2H/c9-4-8(12)5-1-2-6(10)7(11)3-5;;;/h1-3,8,10-12H,4,9H2;;;/t8-;;;/m0.../s1. The van der Waals surface area contributed by atoms with E-state index in [1.165, 1.54) is 18.2 Å². The molecule has 0 aromatic heterocycles. The van der Waals surface area contributed by atoms with Crippen molar-refractivity contribution >= 4 is 48.9 Å². The molecule has 0 spiro atoms. The molecule has 5 heteroatoms. The summed E-state index contributed by atoms with van der Waals surface area (Å²) in [5.41, 5.74) is 5.69. The summed E-state index contributed by atoms with van der Waals surface area (Å²) in [5.74, 6) is -0.456. The van der Waals surface area contributed by atoms with Gasteiger partial charge in [-0.05, 0) is 17.7 Å². The summed E-state index contributed by atoms with van der Waals surface area (Å²) in [5, 5.41) is 27.2. The quantitative estimate of drug-likeness (QED) is 0.424. The van der Waals surface area contributed by atoms with E-state index in [1.807, 2.05) is 0 Å². The summed E-state index contributed by atoms with van der Waals surface area (Å²) in [6.07, 6.45) is -0.795. The van der Waals surface area contributed by atoms with Gasteiger partial charge in [-0.25, -0.2) is 0 Å². The van der Waals surface area contributed by atoms with E-state index in [9.17, 15) is 5.11 Å². The van der Waals surface area contributed by atoms with Gasteiger partial charge in [-0.1, -0.05) is 6.07 Å². The van der Waals surface area contributed by atoms with Crippen LogP contribution >= 0.6 is 0 Å². The Balaban J connectivity index is 0.00000144. The summed E-state index contributed by atoms with van der Waals surface area (Å²) < 4.78 is 0. The van der Waals surface area contributed by atoms with Crippen molar-refractivity contribution in [2.75, 3.05) is 6.54 Å². The predicted octanol–water partition coefficient (Wildman–Crippen LogP) is -0.826. The van der Waals surface area contributed by atoms with Crippen molar-refractivity contribution in [3.63, 3.8) is 0 Å². The van der Waals surface area contributed by atoms with Crippen LogP contribution in [0.1, 0.15) is 11.7 Å². The minimum atomic E-state index is -0.795. The van der Waals surface area contributed by atoms with Crippen LogP contribution in [0.4, 0.5) is 0 Å². The Morgan fingerprint density at radius 1 is 1.23 bits per heavy atom. The van der Waals surface area contributed by atoms with Crippen molar-refractivity contribution < 1.29 is 15.3 Å². The Morgan fingerprint density at radius 3 is 2.31 bits per heavy atom. The SMILES string of the molecule is NC[C@H](O)c1ccc(O)c(O)c1.[BaH2]. The third-order valence-corrected chi connectivity index (χ3v) is 1.61. The molecule has 0 saturated carbocycles. The van der Waals surface area contributed by atoms with E-state index in [-0.39, 0.29) is 66.9 Å². The third-order valence-electron chi connectivity index (χ3n) is 1.61. The van der Waals surface area contributed by atoms with Gasteiger partial charge in [-0.3, -0.25) is 0 Å². The third kappa shape index (κ3) is 3.51. The molecule has 13 heavy (non-hydrogen) atoms. The number of hydrogen-bond acceptors (Lipinski definition) is 4. The van der Waals surface area contributed by atoms with Gasteiger partial charge in [0.25, 0.3) is 0 Å². The van der Waals surface area contributed by atoms with E-state index in [2.05, 4.69) is 0 Å². The zero-order valence-corrected chi connectivity index (χ0v) is 6.44. The first-order chi connectivity index (χ1) is 5.65. The molecule has 0 saturated heterocycles. The molecular weight excluding hydrogens is 295 g/mol. The van der Waals surface area contributed by atoms with Crippen LogP contribution in [0.5, 0.6) is 11.5 Å². The maximum absolute atomic E-state index is 9.23. The van der Waals surface area contributed by atoms with Crippen LogP contribution in [0.15, 0.2) is 18.2 Å². The molecule has 1 rings (SSSR count). The minimum absolute atomic E-state index is 0. The van der Waals surface area contributed by atoms with Gasteiger partial charge in [0.15, 0.2) is 11.5 Å². The van der Waals surface area contributed by atoms with E-state index in [4.69, 9.17) is 15.9 Å². The summed E-state index contributed by atoms with van der Waals surface area (Å²) in [4.78, 5) is 0. The second-order valence-corrected chi connectivity index (χ2v) is 2.50. The molecule has 4 nitrogen and oxygen atoms in total. The molecule has 0 unspecified atom stereocenters.